The Bertz CT molecular complexity index is 1160. The topological polar surface area (TPSA) is 0 Å². The van der Waals surface area contributed by atoms with Crippen molar-refractivity contribution < 1.29 is 0 Å². The van der Waals surface area contributed by atoms with Gasteiger partial charge < -0.3 is 0 Å². The molecule has 26 heavy (non-hydrogen) atoms. The van der Waals surface area contributed by atoms with Gasteiger partial charge in [0, 0.05) is 19.6 Å². The molecule has 0 nitrogen and oxygen atoms in total. The second kappa shape index (κ2) is 4.90. The van der Waals surface area contributed by atoms with Gasteiger partial charge in [-0.15, -0.1) is 10.0 Å². The van der Waals surface area contributed by atoms with E-state index in [2.05, 4.69) is 97.9 Å². The molecule has 2 heterocycles. The van der Waals surface area contributed by atoms with Crippen LogP contribution in [0.3, 0.4) is 0 Å². The quantitative estimate of drug-likeness (QED) is 0.270. The van der Waals surface area contributed by atoms with E-state index in [1.54, 1.807) is 0 Å². The maximum atomic E-state index is 2.37. The van der Waals surface area contributed by atoms with Gasteiger partial charge in [0.1, 0.15) is 0 Å². The smallest absolute Gasteiger partial charge is 0.0105 e. The summed E-state index contributed by atoms with van der Waals surface area (Å²) in [7, 11) is -1.39. The van der Waals surface area contributed by atoms with Crippen molar-refractivity contribution >= 4 is 10.0 Å². The predicted molar refractivity (Wildman–Crippen MR) is 109 cm³/mol. The first-order valence-corrected chi connectivity index (χ1v) is 10.7. The highest BCUT2D eigenvalue weighted by molar-refractivity contribution is 8.34. The van der Waals surface area contributed by atoms with Gasteiger partial charge in [-0.3, -0.25) is 0 Å². The highest BCUT2D eigenvalue weighted by Crippen LogP contribution is 2.84. The van der Waals surface area contributed by atoms with Crippen LogP contribution in [0.4, 0.5) is 0 Å². The van der Waals surface area contributed by atoms with Crippen LogP contribution >= 0.6 is 10.0 Å². The van der Waals surface area contributed by atoms with E-state index < -0.39 is 10.0 Å². The van der Waals surface area contributed by atoms with Gasteiger partial charge in [0.25, 0.3) is 0 Å². The minimum absolute atomic E-state index is 1.38. The molecule has 0 fully saturated rings. The average molecular weight is 350 g/mol. The van der Waals surface area contributed by atoms with E-state index in [-0.39, 0.29) is 0 Å². The molecular weight excluding hydrogens is 332 g/mol. The minimum atomic E-state index is -1.39. The van der Waals surface area contributed by atoms with Crippen molar-refractivity contribution in [2.24, 2.45) is 0 Å². The van der Waals surface area contributed by atoms with Crippen LogP contribution in [0.1, 0.15) is 5.56 Å². The van der Waals surface area contributed by atoms with Crippen LogP contribution in [0.2, 0.25) is 0 Å². The van der Waals surface area contributed by atoms with Gasteiger partial charge in [-0.25, -0.2) is 0 Å². The zero-order valence-electron chi connectivity index (χ0n) is 14.6. The Hall–Kier alpha value is -2.77. The molecule has 4 aromatic carbocycles. The Morgan fingerprint density at radius 2 is 0.923 bits per heavy atom. The molecule has 2 aliphatic rings. The van der Waals surface area contributed by atoms with E-state index in [0.29, 0.717) is 0 Å². The summed E-state index contributed by atoms with van der Waals surface area (Å²) in [6.45, 7) is 2.25. The number of benzene rings is 4. The zero-order chi connectivity index (χ0) is 17.3. The van der Waals surface area contributed by atoms with Crippen molar-refractivity contribution in [3.05, 3.63) is 96.6 Å². The molecule has 0 saturated heterocycles. The Morgan fingerprint density at radius 3 is 1.54 bits per heavy atom. The van der Waals surface area contributed by atoms with E-state index >= 15 is 0 Å². The van der Waals surface area contributed by atoms with Gasteiger partial charge >= 0.3 is 0 Å². The Kier molecular flexibility index (Phi) is 2.71. The van der Waals surface area contributed by atoms with Gasteiger partial charge in [0.15, 0.2) is 0 Å². The van der Waals surface area contributed by atoms with Crippen LogP contribution < -0.4 is 0 Å². The standard InChI is InChI=1S/C25H18S/c1-17-9-8-16-24-25(17)20-12-4-7-15-23(20)26(24)21-13-5-2-10-18(21)19-11-3-6-14-22(19)26/h2-16H,1H3. The summed E-state index contributed by atoms with van der Waals surface area (Å²) in [6, 6.07) is 34.0. The predicted octanol–water partition coefficient (Wildman–Crippen LogP) is 7.30. The maximum Gasteiger partial charge on any atom is 0.0105 e. The SMILES string of the molecule is Cc1cccc2c1-c1ccccc1S21c2ccccc2-c2ccccc21. The molecule has 0 saturated carbocycles. The molecule has 0 amide bonds. The summed E-state index contributed by atoms with van der Waals surface area (Å²) >= 11 is 0. The van der Waals surface area contributed by atoms with Crippen molar-refractivity contribution in [3.63, 3.8) is 0 Å². The van der Waals surface area contributed by atoms with Crippen molar-refractivity contribution in [2.75, 3.05) is 0 Å². The molecule has 0 bridgehead atoms. The first-order valence-electron chi connectivity index (χ1n) is 9.04. The van der Waals surface area contributed by atoms with Crippen molar-refractivity contribution in [2.45, 2.75) is 26.5 Å². The third kappa shape index (κ3) is 1.50. The molecule has 0 N–H and O–H groups in total. The molecule has 124 valence electrons. The number of rotatable bonds is 0. The summed E-state index contributed by atoms with van der Waals surface area (Å²) in [4.78, 5) is 6.01. The van der Waals surface area contributed by atoms with E-state index in [4.69, 9.17) is 0 Å². The Morgan fingerprint density at radius 1 is 0.462 bits per heavy atom. The van der Waals surface area contributed by atoms with Gasteiger partial charge in [0.05, 0.1) is 0 Å². The molecule has 0 atom stereocenters. The molecule has 1 heteroatoms. The Labute approximate surface area is 155 Å². The largest absolute Gasteiger partial charge is 0.130 e. The number of hydrogen-bond acceptors (Lipinski definition) is 0. The fourth-order valence-electron chi connectivity index (χ4n) is 4.80. The van der Waals surface area contributed by atoms with Gasteiger partial charge in [-0.1, -0.05) is 66.7 Å². The minimum Gasteiger partial charge on any atom is -0.130 e. The highest BCUT2D eigenvalue weighted by Gasteiger charge is 2.47. The maximum absolute atomic E-state index is 2.37. The van der Waals surface area contributed by atoms with Crippen LogP contribution in [0.25, 0.3) is 22.3 Å². The molecule has 4 aromatic rings. The third-order valence-electron chi connectivity index (χ3n) is 5.77. The second-order valence-electron chi connectivity index (χ2n) is 7.05. The molecule has 0 radical (unpaired) electrons. The summed E-state index contributed by atoms with van der Waals surface area (Å²) in [5.41, 5.74) is 7.05. The lowest BCUT2D eigenvalue weighted by Gasteiger charge is -2.36. The normalized spacial score (nSPS) is 15.9. The van der Waals surface area contributed by atoms with E-state index in [1.807, 2.05) is 0 Å². The zero-order valence-corrected chi connectivity index (χ0v) is 15.4. The monoisotopic (exact) mass is 350 g/mol. The van der Waals surface area contributed by atoms with Crippen LogP contribution in [0.5, 0.6) is 0 Å². The van der Waals surface area contributed by atoms with Crippen LogP contribution in [0.15, 0.2) is 111 Å². The fraction of sp³-hybridized carbons (Fsp3) is 0.0400. The van der Waals surface area contributed by atoms with Gasteiger partial charge in [-0.05, 0) is 59.0 Å². The number of fused-ring (bicyclic) bond motifs is 10. The molecule has 0 aromatic heterocycles. The molecule has 1 spiro atoms. The first-order chi connectivity index (χ1) is 12.8. The molecule has 6 rings (SSSR count). The summed E-state index contributed by atoms with van der Waals surface area (Å²) in [5, 5.41) is 0. The lowest BCUT2D eigenvalue weighted by molar-refractivity contribution is 1.34. The van der Waals surface area contributed by atoms with E-state index in [0.717, 1.165) is 0 Å². The lowest BCUT2D eigenvalue weighted by Crippen LogP contribution is -1.97. The molecule has 0 unspecified atom stereocenters. The van der Waals surface area contributed by atoms with Crippen LogP contribution in [-0.2, 0) is 0 Å². The van der Waals surface area contributed by atoms with E-state index in [1.165, 1.54) is 47.4 Å². The summed E-state index contributed by atoms with van der Waals surface area (Å²) < 4.78 is 0. The average Bonchev–Trinajstić information content (AvgIpc) is 3.16. The van der Waals surface area contributed by atoms with Crippen molar-refractivity contribution in [3.8, 4) is 22.3 Å². The lowest BCUT2D eigenvalue weighted by atomic mass is 10.0. The van der Waals surface area contributed by atoms with E-state index in [9.17, 15) is 0 Å². The van der Waals surface area contributed by atoms with Gasteiger partial charge in [-0.2, -0.15) is 0 Å². The fourth-order valence-corrected chi connectivity index (χ4v) is 9.45. The van der Waals surface area contributed by atoms with Crippen LogP contribution in [0, 0.1) is 6.92 Å². The van der Waals surface area contributed by atoms with Crippen molar-refractivity contribution in [1.29, 1.82) is 0 Å². The summed E-state index contributed by atoms with van der Waals surface area (Å²) in [5.74, 6) is 0. The molecular formula is C25H18S. The van der Waals surface area contributed by atoms with Gasteiger partial charge in [0.2, 0.25) is 0 Å². The third-order valence-corrected chi connectivity index (χ3v) is 9.82. The molecule has 2 aliphatic heterocycles. The summed E-state index contributed by atoms with van der Waals surface area (Å²) in [6.07, 6.45) is 0. The first kappa shape index (κ1) is 14.4. The second-order valence-corrected chi connectivity index (χ2v) is 10.0. The number of hydrogen-bond donors (Lipinski definition) is 0. The molecule has 0 aliphatic carbocycles. The van der Waals surface area contributed by atoms with Crippen LogP contribution in [-0.4, -0.2) is 0 Å². The highest BCUT2D eigenvalue weighted by atomic mass is 32.3. The number of aryl methyl sites for hydroxylation is 1. The van der Waals surface area contributed by atoms with Crippen molar-refractivity contribution in [1.82, 2.24) is 0 Å². The Balaban J connectivity index is 1.89.